The van der Waals surface area contributed by atoms with Crippen LogP contribution in [0.1, 0.15) is 11.1 Å². The first-order valence-electron chi connectivity index (χ1n) is 5.71. The van der Waals surface area contributed by atoms with Gasteiger partial charge in [-0.2, -0.15) is 18.4 Å². The Hall–Kier alpha value is -1.78. The molecule has 1 saturated heterocycles. The molecule has 7 heteroatoms. The largest absolute Gasteiger partial charge is 0.417 e. The molecule has 102 valence electrons. The molecule has 2 rings (SSSR count). The molecule has 0 spiro atoms. The first-order chi connectivity index (χ1) is 9.00. The lowest BCUT2D eigenvalue weighted by Gasteiger charge is -2.28. The highest BCUT2D eigenvalue weighted by Gasteiger charge is 2.33. The van der Waals surface area contributed by atoms with E-state index in [1.807, 2.05) is 5.01 Å². The molecule has 0 amide bonds. The topological polar surface area (TPSA) is 48.3 Å². The number of alkyl halides is 3. The number of halogens is 3. The van der Waals surface area contributed by atoms with Crippen LogP contribution >= 0.6 is 0 Å². The van der Waals surface area contributed by atoms with Gasteiger partial charge in [-0.25, -0.2) is 5.01 Å². The highest BCUT2D eigenvalue weighted by Crippen LogP contribution is 2.33. The van der Waals surface area contributed by atoms with Crippen molar-refractivity contribution in [2.24, 2.45) is 0 Å². The van der Waals surface area contributed by atoms with Crippen LogP contribution < -0.4 is 5.43 Å². The van der Waals surface area contributed by atoms with E-state index in [0.717, 1.165) is 6.07 Å². The van der Waals surface area contributed by atoms with Crippen LogP contribution in [0.3, 0.4) is 0 Å². The van der Waals surface area contributed by atoms with Crippen LogP contribution in [0.25, 0.3) is 0 Å². The van der Waals surface area contributed by atoms with Crippen LogP contribution in [0.5, 0.6) is 0 Å². The Labute approximate surface area is 108 Å². The van der Waals surface area contributed by atoms with Gasteiger partial charge in [-0.3, -0.25) is 0 Å². The van der Waals surface area contributed by atoms with Crippen molar-refractivity contribution in [2.45, 2.75) is 6.18 Å². The van der Waals surface area contributed by atoms with Gasteiger partial charge in [0.15, 0.2) is 0 Å². The molecule has 1 aliphatic heterocycles. The first-order valence-corrected chi connectivity index (χ1v) is 5.71. The summed E-state index contributed by atoms with van der Waals surface area (Å²) in [5, 5.41) is 10.6. The molecular weight excluding hydrogens is 259 g/mol. The summed E-state index contributed by atoms with van der Waals surface area (Å²) in [4.78, 5) is 0. The van der Waals surface area contributed by atoms with Crippen molar-refractivity contribution in [3.05, 3.63) is 29.3 Å². The molecule has 0 radical (unpaired) electrons. The molecule has 1 N–H and O–H groups in total. The van der Waals surface area contributed by atoms with E-state index < -0.39 is 11.7 Å². The van der Waals surface area contributed by atoms with Crippen molar-refractivity contribution < 1.29 is 17.9 Å². The minimum absolute atomic E-state index is 0.384. The summed E-state index contributed by atoms with van der Waals surface area (Å²) in [6, 6.07) is 5.02. The normalized spacial score (nSPS) is 16.9. The van der Waals surface area contributed by atoms with E-state index in [-0.39, 0.29) is 5.56 Å². The van der Waals surface area contributed by atoms with Crippen LogP contribution in [0, 0.1) is 11.3 Å². The monoisotopic (exact) mass is 271 g/mol. The van der Waals surface area contributed by atoms with E-state index in [1.54, 1.807) is 6.07 Å². The molecule has 1 aromatic carbocycles. The number of rotatable bonds is 2. The minimum atomic E-state index is -4.51. The van der Waals surface area contributed by atoms with Crippen LogP contribution in [-0.4, -0.2) is 31.3 Å². The van der Waals surface area contributed by atoms with Gasteiger partial charge in [-0.05, 0) is 18.2 Å². The number of nitriles is 1. The second kappa shape index (κ2) is 5.47. The lowest BCUT2D eigenvalue weighted by molar-refractivity contribution is -0.137. The zero-order valence-corrected chi connectivity index (χ0v) is 10.00. The predicted molar refractivity (Wildman–Crippen MR) is 62.2 cm³/mol. The third-order valence-corrected chi connectivity index (χ3v) is 2.74. The van der Waals surface area contributed by atoms with E-state index in [0.29, 0.717) is 32.0 Å². The lowest BCUT2D eigenvalue weighted by Crippen LogP contribution is -2.40. The van der Waals surface area contributed by atoms with Crippen molar-refractivity contribution in [1.82, 2.24) is 5.01 Å². The van der Waals surface area contributed by atoms with Crippen molar-refractivity contribution in [3.8, 4) is 6.07 Å². The van der Waals surface area contributed by atoms with Crippen molar-refractivity contribution >= 4 is 5.69 Å². The highest BCUT2D eigenvalue weighted by atomic mass is 19.4. The van der Waals surface area contributed by atoms with Gasteiger partial charge in [0.25, 0.3) is 0 Å². The highest BCUT2D eigenvalue weighted by molar-refractivity contribution is 5.53. The molecule has 0 unspecified atom stereocenters. The number of ether oxygens (including phenoxy) is 1. The van der Waals surface area contributed by atoms with Gasteiger partial charge < -0.3 is 10.2 Å². The zero-order chi connectivity index (χ0) is 13.9. The molecule has 4 nitrogen and oxygen atoms in total. The van der Waals surface area contributed by atoms with E-state index in [9.17, 15) is 13.2 Å². The predicted octanol–water partition coefficient (Wildman–Crippen LogP) is 2.24. The Morgan fingerprint density at radius 3 is 2.53 bits per heavy atom. The Balaban J connectivity index is 2.17. The van der Waals surface area contributed by atoms with Crippen LogP contribution in [0.2, 0.25) is 0 Å². The zero-order valence-electron chi connectivity index (χ0n) is 10.00. The smallest absolute Gasteiger partial charge is 0.379 e. The summed E-state index contributed by atoms with van der Waals surface area (Å²) in [7, 11) is 0. The van der Waals surface area contributed by atoms with Gasteiger partial charge in [-0.1, -0.05) is 0 Å². The molecule has 0 aliphatic carbocycles. The Morgan fingerprint density at radius 1 is 1.26 bits per heavy atom. The summed E-state index contributed by atoms with van der Waals surface area (Å²) >= 11 is 0. The number of nitrogens with one attached hydrogen (secondary N) is 1. The number of hydrogen-bond acceptors (Lipinski definition) is 4. The fourth-order valence-corrected chi connectivity index (χ4v) is 1.81. The Bertz CT molecular complexity index is 490. The standard InChI is InChI=1S/C12H12F3N3O/c13-12(14,15)11-2-1-10(7-9(11)8-16)17-18-3-5-19-6-4-18/h1-2,7,17H,3-6H2. The quantitative estimate of drug-likeness (QED) is 0.896. The molecule has 1 fully saturated rings. The van der Waals surface area contributed by atoms with Gasteiger partial charge >= 0.3 is 6.18 Å². The van der Waals surface area contributed by atoms with Gasteiger partial charge in [0.05, 0.1) is 36.1 Å². The van der Waals surface area contributed by atoms with E-state index in [4.69, 9.17) is 10.00 Å². The van der Waals surface area contributed by atoms with Crippen LogP contribution in [0.4, 0.5) is 18.9 Å². The number of benzene rings is 1. The van der Waals surface area contributed by atoms with Gasteiger partial charge in [0.2, 0.25) is 0 Å². The van der Waals surface area contributed by atoms with Crippen molar-refractivity contribution in [1.29, 1.82) is 5.26 Å². The van der Waals surface area contributed by atoms with Crippen molar-refractivity contribution in [3.63, 3.8) is 0 Å². The summed E-state index contributed by atoms with van der Waals surface area (Å²) in [6.45, 7) is 2.42. The molecular formula is C12H12F3N3O. The second-order valence-electron chi connectivity index (χ2n) is 4.08. The molecule has 0 saturated carbocycles. The SMILES string of the molecule is N#Cc1cc(NN2CCOCC2)ccc1C(F)(F)F. The van der Waals surface area contributed by atoms with Crippen LogP contribution in [0.15, 0.2) is 18.2 Å². The first kappa shape index (κ1) is 13.6. The van der Waals surface area contributed by atoms with Gasteiger partial charge in [0.1, 0.15) is 0 Å². The average Bonchev–Trinajstić information content (AvgIpc) is 2.38. The fraction of sp³-hybridized carbons (Fsp3) is 0.417. The second-order valence-corrected chi connectivity index (χ2v) is 4.08. The number of hydrazine groups is 1. The number of anilines is 1. The maximum absolute atomic E-state index is 12.6. The molecule has 19 heavy (non-hydrogen) atoms. The number of morpholine rings is 1. The lowest BCUT2D eigenvalue weighted by atomic mass is 10.1. The summed E-state index contributed by atoms with van der Waals surface area (Å²) in [5.74, 6) is 0. The molecule has 1 heterocycles. The number of hydrogen-bond donors (Lipinski definition) is 1. The maximum atomic E-state index is 12.6. The van der Waals surface area contributed by atoms with Gasteiger partial charge in [0, 0.05) is 13.1 Å². The Kier molecular flexibility index (Phi) is 3.93. The van der Waals surface area contributed by atoms with Crippen LogP contribution in [-0.2, 0) is 10.9 Å². The Morgan fingerprint density at radius 2 is 1.95 bits per heavy atom. The molecule has 1 aromatic rings. The third-order valence-electron chi connectivity index (χ3n) is 2.74. The van der Waals surface area contributed by atoms with E-state index in [1.165, 1.54) is 12.1 Å². The summed E-state index contributed by atoms with van der Waals surface area (Å²) < 4.78 is 43.0. The fourth-order valence-electron chi connectivity index (χ4n) is 1.81. The molecule has 1 aliphatic rings. The third kappa shape index (κ3) is 3.36. The minimum Gasteiger partial charge on any atom is -0.379 e. The average molecular weight is 271 g/mol. The number of nitrogens with zero attached hydrogens (tertiary/aromatic N) is 2. The van der Waals surface area contributed by atoms with E-state index in [2.05, 4.69) is 5.43 Å². The molecule has 0 aromatic heterocycles. The molecule has 0 bridgehead atoms. The molecule has 0 atom stereocenters. The van der Waals surface area contributed by atoms with Crippen molar-refractivity contribution in [2.75, 3.05) is 31.7 Å². The van der Waals surface area contributed by atoms with E-state index >= 15 is 0 Å². The van der Waals surface area contributed by atoms with Gasteiger partial charge in [-0.15, -0.1) is 0 Å². The summed E-state index contributed by atoms with van der Waals surface area (Å²) in [5.41, 5.74) is 2.14. The maximum Gasteiger partial charge on any atom is 0.417 e. The summed E-state index contributed by atoms with van der Waals surface area (Å²) in [6.07, 6.45) is -4.51.